The smallest absolute Gasteiger partial charge is 0.138 e. The van der Waals surface area contributed by atoms with Gasteiger partial charge in [-0.2, -0.15) is 0 Å². The van der Waals surface area contributed by atoms with E-state index < -0.39 is 0 Å². The zero-order valence-electron chi connectivity index (χ0n) is 16.0. The summed E-state index contributed by atoms with van der Waals surface area (Å²) in [6, 6.07) is 23.0. The third-order valence-corrected chi connectivity index (χ3v) is 5.38. The molecular formula is C25H17N5. The van der Waals surface area contributed by atoms with Crippen molar-refractivity contribution in [1.29, 1.82) is 0 Å². The molecule has 5 nitrogen and oxygen atoms in total. The summed E-state index contributed by atoms with van der Waals surface area (Å²) < 4.78 is 0. The lowest BCUT2D eigenvalue weighted by Crippen LogP contribution is -1.79. The van der Waals surface area contributed by atoms with Crippen molar-refractivity contribution in [2.24, 2.45) is 0 Å². The Hall–Kier alpha value is -4.25. The highest BCUT2D eigenvalue weighted by Crippen LogP contribution is 2.30. The van der Waals surface area contributed by atoms with Crippen LogP contribution in [0, 0.1) is 0 Å². The van der Waals surface area contributed by atoms with Crippen LogP contribution >= 0.6 is 0 Å². The monoisotopic (exact) mass is 387 g/mol. The first kappa shape index (κ1) is 16.7. The summed E-state index contributed by atoms with van der Waals surface area (Å²) in [5.41, 5.74) is 8.64. The lowest BCUT2D eigenvalue weighted by molar-refractivity contribution is 1.28. The summed E-state index contributed by atoms with van der Waals surface area (Å²) in [5.74, 6) is 0.854. The zero-order valence-corrected chi connectivity index (χ0v) is 16.0. The Labute approximate surface area is 172 Å². The minimum Gasteiger partial charge on any atom is -0.355 e. The minimum absolute atomic E-state index is 0.854. The van der Waals surface area contributed by atoms with E-state index in [1.54, 1.807) is 12.4 Å². The highest BCUT2D eigenvalue weighted by molar-refractivity contribution is 5.91. The molecule has 30 heavy (non-hydrogen) atoms. The van der Waals surface area contributed by atoms with Crippen LogP contribution in [0.1, 0.15) is 0 Å². The predicted octanol–water partition coefficient (Wildman–Crippen LogP) is 5.84. The molecule has 0 saturated heterocycles. The molecule has 0 bridgehead atoms. The number of hydrogen-bond donors (Lipinski definition) is 2. The summed E-state index contributed by atoms with van der Waals surface area (Å²) in [4.78, 5) is 19.8. The molecular weight excluding hydrogens is 370 g/mol. The van der Waals surface area contributed by atoms with E-state index in [1.807, 2.05) is 36.7 Å². The SMILES string of the molecule is c1cc(-c2cc3cc(-c4ccc5[nH]c(-c6ccncc6)nc5c4)ccc3[nH]2)ccn1. The van der Waals surface area contributed by atoms with E-state index in [0.29, 0.717) is 0 Å². The molecule has 5 heteroatoms. The number of rotatable bonds is 3. The van der Waals surface area contributed by atoms with Crippen LogP contribution in [0.5, 0.6) is 0 Å². The fourth-order valence-corrected chi connectivity index (χ4v) is 3.83. The molecule has 6 rings (SSSR count). The van der Waals surface area contributed by atoms with Crippen molar-refractivity contribution in [2.45, 2.75) is 0 Å². The van der Waals surface area contributed by atoms with Gasteiger partial charge in [-0.3, -0.25) is 9.97 Å². The first-order chi connectivity index (χ1) is 14.8. The molecule has 0 aliphatic rings. The van der Waals surface area contributed by atoms with Crippen molar-refractivity contribution in [3.05, 3.63) is 91.5 Å². The van der Waals surface area contributed by atoms with E-state index in [9.17, 15) is 0 Å². The van der Waals surface area contributed by atoms with Gasteiger partial charge >= 0.3 is 0 Å². The summed E-state index contributed by atoms with van der Waals surface area (Å²) >= 11 is 0. The Bertz CT molecular complexity index is 1360. The van der Waals surface area contributed by atoms with Gasteiger partial charge in [0.05, 0.1) is 11.0 Å². The first-order valence-electron chi connectivity index (χ1n) is 9.77. The van der Waals surface area contributed by atoms with Gasteiger partial charge in [-0.1, -0.05) is 12.1 Å². The summed E-state index contributed by atoms with van der Waals surface area (Å²) in [6.45, 7) is 0. The van der Waals surface area contributed by atoms with Crippen LogP contribution in [0.2, 0.25) is 0 Å². The summed E-state index contributed by atoms with van der Waals surface area (Å²) in [7, 11) is 0. The number of aromatic nitrogens is 5. The first-order valence-corrected chi connectivity index (χ1v) is 9.77. The van der Waals surface area contributed by atoms with Gasteiger partial charge in [0.2, 0.25) is 0 Å². The van der Waals surface area contributed by atoms with Gasteiger partial charge in [-0.15, -0.1) is 0 Å². The molecule has 4 aromatic heterocycles. The van der Waals surface area contributed by atoms with Crippen molar-refractivity contribution in [2.75, 3.05) is 0 Å². The molecule has 0 spiro atoms. The second kappa shape index (κ2) is 6.67. The molecule has 6 aromatic rings. The topological polar surface area (TPSA) is 70.2 Å². The van der Waals surface area contributed by atoms with Crippen LogP contribution in [0.4, 0.5) is 0 Å². The van der Waals surface area contributed by atoms with Crippen molar-refractivity contribution >= 4 is 21.9 Å². The number of benzene rings is 2. The molecule has 0 fully saturated rings. The predicted molar refractivity (Wildman–Crippen MR) is 120 cm³/mol. The minimum atomic E-state index is 0.854. The van der Waals surface area contributed by atoms with E-state index in [1.165, 1.54) is 5.39 Å². The maximum absolute atomic E-state index is 4.78. The van der Waals surface area contributed by atoms with Gasteiger partial charge in [0.25, 0.3) is 0 Å². The number of nitrogens with zero attached hydrogens (tertiary/aromatic N) is 3. The number of hydrogen-bond acceptors (Lipinski definition) is 3. The third-order valence-electron chi connectivity index (χ3n) is 5.38. The molecule has 4 heterocycles. The fraction of sp³-hybridized carbons (Fsp3) is 0. The van der Waals surface area contributed by atoms with Crippen LogP contribution in [-0.4, -0.2) is 24.9 Å². The summed E-state index contributed by atoms with van der Waals surface area (Å²) in [6.07, 6.45) is 7.18. The van der Waals surface area contributed by atoms with E-state index in [-0.39, 0.29) is 0 Å². The Morgan fingerprint density at radius 2 is 1.20 bits per heavy atom. The number of fused-ring (bicyclic) bond motifs is 2. The van der Waals surface area contributed by atoms with Crippen molar-refractivity contribution in [1.82, 2.24) is 24.9 Å². The molecule has 0 radical (unpaired) electrons. The largest absolute Gasteiger partial charge is 0.355 e. The van der Waals surface area contributed by atoms with E-state index in [0.717, 1.165) is 50.3 Å². The van der Waals surface area contributed by atoms with Crippen LogP contribution in [0.15, 0.2) is 91.5 Å². The number of aromatic amines is 2. The Kier molecular flexibility index (Phi) is 3.71. The average molecular weight is 387 g/mol. The molecule has 0 atom stereocenters. The van der Waals surface area contributed by atoms with Gasteiger partial charge < -0.3 is 9.97 Å². The highest BCUT2D eigenvalue weighted by Gasteiger charge is 2.09. The Morgan fingerprint density at radius 1 is 0.533 bits per heavy atom. The second-order valence-electron chi connectivity index (χ2n) is 7.27. The summed E-state index contributed by atoms with van der Waals surface area (Å²) in [5, 5.41) is 1.18. The number of nitrogens with one attached hydrogen (secondary N) is 2. The van der Waals surface area contributed by atoms with Gasteiger partial charge in [-0.05, 0) is 65.7 Å². The number of H-pyrrole nitrogens is 2. The van der Waals surface area contributed by atoms with Crippen LogP contribution in [0.25, 0.3) is 55.7 Å². The second-order valence-corrected chi connectivity index (χ2v) is 7.27. The molecule has 142 valence electrons. The van der Waals surface area contributed by atoms with Crippen LogP contribution in [-0.2, 0) is 0 Å². The highest BCUT2D eigenvalue weighted by atomic mass is 14.9. The van der Waals surface area contributed by atoms with Gasteiger partial charge in [0.15, 0.2) is 0 Å². The van der Waals surface area contributed by atoms with E-state index in [4.69, 9.17) is 4.98 Å². The van der Waals surface area contributed by atoms with Crippen molar-refractivity contribution < 1.29 is 0 Å². The molecule has 2 aromatic carbocycles. The normalized spacial score (nSPS) is 11.3. The van der Waals surface area contributed by atoms with Crippen molar-refractivity contribution in [3.8, 4) is 33.8 Å². The zero-order chi connectivity index (χ0) is 19.9. The molecule has 0 amide bonds. The van der Waals surface area contributed by atoms with Crippen LogP contribution in [0.3, 0.4) is 0 Å². The van der Waals surface area contributed by atoms with Gasteiger partial charge in [0, 0.05) is 52.5 Å². The number of pyridine rings is 2. The molecule has 2 N–H and O–H groups in total. The quantitative estimate of drug-likeness (QED) is 0.401. The molecule has 0 unspecified atom stereocenters. The van der Waals surface area contributed by atoms with E-state index in [2.05, 4.69) is 62.4 Å². The Balaban J connectivity index is 1.40. The molecule has 0 aliphatic carbocycles. The van der Waals surface area contributed by atoms with E-state index >= 15 is 0 Å². The molecule has 0 aliphatic heterocycles. The lowest BCUT2D eigenvalue weighted by atomic mass is 10.0. The fourth-order valence-electron chi connectivity index (χ4n) is 3.83. The maximum Gasteiger partial charge on any atom is 0.138 e. The van der Waals surface area contributed by atoms with Gasteiger partial charge in [0.1, 0.15) is 5.82 Å². The number of imidazole rings is 1. The lowest BCUT2D eigenvalue weighted by Gasteiger charge is -2.02. The van der Waals surface area contributed by atoms with Gasteiger partial charge in [-0.25, -0.2) is 4.98 Å². The maximum atomic E-state index is 4.78. The Morgan fingerprint density at radius 3 is 1.97 bits per heavy atom. The van der Waals surface area contributed by atoms with Crippen LogP contribution < -0.4 is 0 Å². The average Bonchev–Trinajstić information content (AvgIpc) is 3.43. The van der Waals surface area contributed by atoms with Crippen molar-refractivity contribution in [3.63, 3.8) is 0 Å². The third kappa shape index (κ3) is 2.84. The standard InChI is InChI=1S/C25H17N5/c1-3-21-20(15-23(28-21)16-5-9-26-10-6-16)13-18(1)19-2-4-22-24(14-19)30-25(29-22)17-7-11-27-12-8-17/h1-15,28H,(H,29,30). The molecule has 0 saturated carbocycles.